The van der Waals surface area contributed by atoms with Crippen molar-refractivity contribution in [1.82, 2.24) is 0 Å². The monoisotopic (exact) mass is 227 g/mol. The number of ether oxygens (including phenoxy) is 2. The highest BCUT2D eigenvalue weighted by atomic mass is 19.1. The van der Waals surface area contributed by atoms with Gasteiger partial charge in [0.1, 0.15) is 6.61 Å². The van der Waals surface area contributed by atoms with E-state index in [1.807, 2.05) is 13.8 Å². The Labute approximate surface area is 95.4 Å². The molecule has 0 amide bonds. The van der Waals surface area contributed by atoms with Crippen molar-refractivity contribution >= 4 is 0 Å². The van der Waals surface area contributed by atoms with E-state index in [-0.39, 0.29) is 17.6 Å². The Balaban J connectivity index is 2.54. The SMILES string of the molecule is CCOCCOc1ccc([C@H](C)N)cc1F. The van der Waals surface area contributed by atoms with E-state index in [0.717, 1.165) is 5.56 Å². The second-order valence-corrected chi connectivity index (χ2v) is 3.52. The summed E-state index contributed by atoms with van der Waals surface area (Å²) in [7, 11) is 0. The van der Waals surface area contributed by atoms with Crippen molar-refractivity contribution in [3.63, 3.8) is 0 Å². The lowest BCUT2D eigenvalue weighted by Crippen LogP contribution is -2.09. The molecule has 0 radical (unpaired) electrons. The Morgan fingerprint density at radius 1 is 1.38 bits per heavy atom. The molecule has 3 nitrogen and oxygen atoms in total. The Morgan fingerprint density at radius 3 is 2.69 bits per heavy atom. The van der Waals surface area contributed by atoms with Crippen LogP contribution in [0.25, 0.3) is 0 Å². The number of nitrogens with two attached hydrogens (primary N) is 1. The van der Waals surface area contributed by atoms with Gasteiger partial charge in [0.25, 0.3) is 0 Å². The van der Waals surface area contributed by atoms with Gasteiger partial charge in [-0.1, -0.05) is 6.07 Å². The number of hydrogen-bond donors (Lipinski definition) is 1. The minimum absolute atomic E-state index is 0.174. The highest BCUT2D eigenvalue weighted by Gasteiger charge is 2.06. The standard InChI is InChI=1S/C12H18FNO2/c1-3-15-6-7-16-12-5-4-10(9(2)14)8-11(12)13/h4-5,8-9H,3,6-7,14H2,1-2H3/t9-/m0/s1. The zero-order chi connectivity index (χ0) is 12.0. The molecule has 0 spiro atoms. The summed E-state index contributed by atoms with van der Waals surface area (Å²) in [4.78, 5) is 0. The van der Waals surface area contributed by atoms with Gasteiger partial charge in [-0.2, -0.15) is 0 Å². The molecule has 2 N–H and O–H groups in total. The van der Waals surface area contributed by atoms with Crippen molar-refractivity contribution in [3.05, 3.63) is 29.6 Å². The highest BCUT2D eigenvalue weighted by molar-refractivity contribution is 5.30. The van der Waals surface area contributed by atoms with Crippen LogP contribution in [-0.4, -0.2) is 19.8 Å². The normalized spacial score (nSPS) is 12.5. The lowest BCUT2D eigenvalue weighted by Gasteiger charge is -2.10. The molecule has 0 aromatic heterocycles. The molecule has 0 fully saturated rings. The molecule has 0 aliphatic carbocycles. The third-order valence-corrected chi connectivity index (χ3v) is 2.17. The molecule has 4 heteroatoms. The minimum Gasteiger partial charge on any atom is -0.488 e. The average molecular weight is 227 g/mol. The molecule has 1 atom stereocenters. The van der Waals surface area contributed by atoms with Crippen molar-refractivity contribution in [3.8, 4) is 5.75 Å². The van der Waals surface area contributed by atoms with Gasteiger partial charge >= 0.3 is 0 Å². The Morgan fingerprint density at radius 2 is 2.12 bits per heavy atom. The molecule has 0 aliphatic heterocycles. The Bertz CT molecular complexity index is 329. The molecule has 0 unspecified atom stereocenters. The lowest BCUT2D eigenvalue weighted by molar-refractivity contribution is 0.108. The van der Waals surface area contributed by atoms with Crippen LogP contribution in [0, 0.1) is 5.82 Å². The summed E-state index contributed by atoms with van der Waals surface area (Å²) < 4.78 is 23.8. The topological polar surface area (TPSA) is 44.5 Å². The molecule has 16 heavy (non-hydrogen) atoms. The quantitative estimate of drug-likeness (QED) is 0.758. The van der Waals surface area contributed by atoms with Crippen molar-refractivity contribution in [1.29, 1.82) is 0 Å². The van der Waals surface area contributed by atoms with E-state index in [0.29, 0.717) is 19.8 Å². The second kappa shape index (κ2) is 6.45. The van der Waals surface area contributed by atoms with E-state index < -0.39 is 0 Å². The maximum Gasteiger partial charge on any atom is 0.165 e. The molecule has 1 aromatic carbocycles. The zero-order valence-electron chi connectivity index (χ0n) is 9.70. The minimum atomic E-state index is -0.383. The van der Waals surface area contributed by atoms with Crippen LogP contribution in [0.5, 0.6) is 5.75 Å². The molecule has 90 valence electrons. The Kier molecular flexibility index (Phi) is 5.22. The van der Waals surface area contributed by atoms with Crippen LogP contribution in [0.4, 0.5) is 4.39 Å². The summed E-state index contributed by atoms with van der Waals surface area (Å²) in [6.45, 7) is 5.16. The third-order valence-electron chi connectivity index (χ3n) is 2.17. The smallest absolute Gasteiger partial charge is 0.165 e. The van der Waals surface area contributed by atoms with Crippen LogP contribution in [0.15, 0.2) is 18.2 Å². The van der Waals surface area contributed by atoms with Gasteiger partial charge in [-0.15, -0.1) is 0 Å². The van der Waals surface area contributed by atoms with Gasteiger partial charge in [0.15, 0.2) is 11.6 Å². The molecule has 0 aliphatic rings. The fourth-order valence-electron chi connectivity index (χ4n) is 1.27. The van der Waals surface area contributed by atoms with Crippen LogP contribution >= 0.6 is 0 Å². The summed E-state index contributed by atoms with van der Waals surface area (Å²) in [6.07, 6.45) is 0. The average Bonchev–Trinajstić information content (AvgIpc) is 2.26. The molecule has 0 heterocycles. The van der Waals surface area contributed by atoms with E-state index in [9.17, 15) is 4.39 Å². The van der Waals surface area contributed by atoms with E-state index in [2.05, 4.69) is 0 Å². The first-order chi connectivity index (χ1) is 7.65. The second-order valence-electron chi connectivity index (χ2n) is 3.52. The van der Waals surface area contributed by atoms with Crippen molar-refractivity contribution in [2.24, 2.45) is 5.73 Å². The van der Waals surface area contributed by atoms with Crippen LogP contribution in [0.3, 0.4) is 0 Å². The number of rotatable bonds is 6. The summed E-state index contributed by atoms with van der Waals surface area (Å²) in [6, 6.07) is 4.59. The molecular weight excluding hydrogens is 209 g/mol. The van der Waals surface area contributed by atoms with Gasteiger partial charge < -0.3 is 15.2 Å². The van der Waals surface area contributed by atoms with Gasteiger partial charge in [0.05, 0.1) is 6.61 Å². The maximum absolute atomic E-state index is 13.5. The lowest BCUT2D eigenvalue weighted by atomic mass is 10.1. The fraction of sp³-hybridized carbons (Fsp3) is 0.500. The number of halogens is 1. The van der Waals surface area contributed by atoms with Crippen molar-refractivity contribution < 1.29 is 13.9 Å². The summed E-state index contributed by atoms with van der Waals surface area (Å²) in [5.41, 5.74) is 6.40. The van der Waals surface area contributed by atoms with Gasteiger partial charge in [-0.05, 0) is 31.5 Å². The Hall–Kier alpha value is -1.13. The largest absolute Gasteiger partial charge is 0.488 e. The van der Waals surface area contributed by atoms with E-state index in [1.54, 1.807) is 12.1 Å². The first-order valence-corrected chi connectivity index (χ1v) is 5.40. The maximum atomic E-state index is 13.5. The zero-order valence-corrected chi connectivity index (χ0v) is 9.70. The molecule has 1 aromatic rings. The molecule has 0 saturated carbocycles. The summed E-state index contributed by atoms with van der Waals surface area (Å²) in [5.74, 6) is -0.143. The van der Waals surface area contributed by atoms with Gasteiger partial charge in [0, 0.05) is 12.6 Å². The van der Waals surface area contributed by atoms with Crippen LogP contribution in [0.1, 0.15) is 25.5 Å². The van der Waals surface area contributed by atoms with E-state index >= 15 is 0 Å². The van der Waals surface area contributed by atoms with Crippen molar-refractivity contribution in [2.75, 3.05) is 19.8 Å². The molecule has 1 rings (SSSR count). The first kappa shape index (κ1) is 12.9. The summed E-state index contributed by atoms with van der Waals surface area (Å²) in [5, 5.41) is 0. The number of benzene rings is 1. The fourth-order valence-corrected chi connectivity index (χ4v) is 1.27. The third kappa shape index (κ3) is 3.79. The van der Waals surface area contributed by atoms with E-state index in [4.69, 9.17) is 15.2 Å². The first-order valence-electron chi connectivity index (χ1n) is 5.40. The summed E-state index contributed by atoms with van der Waals surface area (Å²) >= 11 is 0. The van der Waals surface area contributed by atoms with Gasteiger partial charge in [-0.3, -0.25) is 0 Å². The molecular formula is C12H18FNO2. The number of hydrogen-bond acceptors (Lipinski definition) is 3. The predicted molar refractivity (Wildman–Crippen MR) is 61.0 cm³/mol. The van der Waals surface area contributed by atoms with Crippen LogP contribution < -0.4 is 10.5 Å². The van der Waals surface area contributed by atoms with Gasteiger partial charge in [0.2, 0.25) is 0 Å². The van der Waals surface area contributed by atoms with E-state index in [1.165, 1.54) is 6.07 Å². The highest BCUT2D eigenvalue weighted by Crippen LogP contribution is 2.20. The predicted octanol–water partition coefficient (Wildman–Crippen LogP) is 2.26. The molecule has 0 bridgehead atoms. The van der Waals surface area contributed by atoms with Gasteiger partial charge in [-0.25, -0.2) is 4.39 Å². The van der Waals surface area contributed by atoms with Crippen LogP contribution in [0.2, 0.25) is 0 Å². The van der Waals surface area contributed by atoms with Crippen LogP contribution in [-0.2, 0) is 4.74 Å². The van der Waals surface area contributed by atoms with Crippen molar-refractivity contribution in [2.45, 2.75) is 19.9 Å². The molecule has 0 saturated heterocycles.